The first-order chi connectivity index (χ1) is 19.2. The maximum absolute atomic E-state index is 15.1. The third-order valence-electron chi connectivity index (χ3n) is 8.32. The van der Waals surface area contributed by atoms with Crippen LogP contribution in [0.15, 0.2) is 42.6 Å². The molecule has 0 bridgehead atoms. The van der Waals surface area contributed by atoms with Gasteiger partial charge in [0.05, 0.1) is 18.9 Å². The lowest BCUT2D eigenvalue weighted by atomic mass is 9.84. The molecule has 4 heteroatoms. The molecule has 218 valence electrons. The molecule has 1 aromatic heterocycles. The van der Waals surface area contributed by atoms with E-state index in [1.165, 1.54) is 77.0 Å². The van der Waals surface area contributed by atoms with Gasteiger partial charge in [0.25, 0.3) is 0 Å². The maximum Gasteiger partial charge on any atom is 0.185 e. The molecule has 3 rings (SSSR count). The van der Waals surface area contributed by atoms with E-state index >= 15 is 4.39 Å². The summed E-state index contributed by atoms with van der Waals surface area (Å²) in [6, 6.07) is 12.3. The number of pyridine rings is 1. The van der Waals surface area contributed by atoms with Crippen LogP contribution < -0.4 is 0 Å². The minimum absolute atomic E-state index is 0.0902. The van der Waals surface area contributed by atoms with Gasteiger partial charge in [-0.05, 0) is 30.9 Å². The number of ether oxygens (including phenoxy) is 2. The lowest BCUT2D eigenvalue weighted by Gasteiger charge is -2.29. The summed E-state index contributed by atoms with van der Waals surface area (Å²) >= 11 is 0. The van der Waals surface area contributed by atoms with Crippen LogP contribution in [0.5, 0.6) is 0 Å². The molecule has 39 heavy (non-hydrogen) atoms. The average molecular weight is 540 g/mol. The van der Waals surface area contributed by atoms with E-state index in [0.29, 0.717) is 12.3 Å². The molecule has 2 atom stereocenters. The fourth-order valence-corrected chi connectivity index (χ4v) is 5.83. The molecule has 2 aromatic rings. The summed E-state index contributed by atoms with van der Waals surface area (Å²) in [4.78, 5) is 4.80. The molecule has 3 nitrogen and oxygen atoms in total. The van der Waals surface area contributed by atoms with Gasteiger partial charge in [0.15, 0.2) is 6.29 Å². The SMILES string of the molecule is CCCCCCCCCC[C@H]1CO[C@H](c2ccc(-c3ccccc3C(CCCCCC)C(F)CC)nc2)OC1. The van der Waals surface area contributed by atoms with Gasteiger partial charge in [-0.2, -0.15) is 0 Å². The normalized spacial score (nSPS) is 19.2. The summed E-state index contributed by atoms with van der Waals surface area (Å²) in [5, 5.41) is 0. The predicted molar refractivity (Wildman–Crippen MR) is 162 cm³/mol. The van der Waals surface area contributed by atoms with E-state index in [0.717, 1.165) is 48.4 Å². The van der Waals surface area contributed by atoms with Crippen molar-refractivity contribution in [2.24, 2.45) is 5.92 Å². The molecule has 2 unspecified atom stereocenters. The van der Waals surface area contributed by atoms with Crippen molar-refractivity contribution >= 4 is 0 Å². The molecule has 1 saturated heterocycles. The Hall–Kier alpha value is -1.78. The van der Waals surface area contributed by atoms with Gasteiger partial charge in [-0.15, -0.1) is 0 Å². The van der Waals surface area contributed by atoms with Crippen molar-refractivity contribution in [1.29, 1.82) is 0 Å². The molecule has 0 amide bonds. The van der Waals surface area contributed by atoms with Gasteiger partial charge < -0.3 is 9.47 Å². The van der Waals surface area contributed by atoms with Gasteiger partial charge in [0.1, 0.15) is 6.17 Å². The van der Waals surface area contributed by atoms with Crippen LogP contribution in [-0.4, -0.2) is 24.4 Å². The van der Waals surface area contributed by atoms with Crippen LogP contribution in [0.3, 0.4) is 0 Å². The Morgan fingerprint density at radius 3 is 2.08 bits per heavy atom. The van der Waals surface area contributed by atoms with Crippen molar-refractivity contribution < 1.29 is 13.9 Å². The quantitative estimate of drug-likeness (QED) is 0.166. The summed E-state index contributed by atoms with van der Waals surface area (Å²) in [5.74, 6) is 0.398. The van der Waals surface area contributed by atoms with Gasteiger partial charge in [-0.3, -0.25) is 4.98 Å². The lowest BCUT2D eigenvalue weighted by Crippen LogP contribution is -2.27. The molecule has 1 aliphatic rings. The average Bonchev–Trinajstić information content (AvgIpc) is 2.99. The van der Waals surface area contributed by atoms with E-state index in [2.05, 4.69) is 32.0 Å². The second-order valence-electron chi connectivity index (χ2n) is 11.6. The topological polar surface area (TPSA) is 31.4 Å². The molecule has 1 aliphatic heterocycles. The summed E-state index contributed by atoms with van der Waals surface area (Å²) < 4.78 is 27.4. The standard InChI is InChI=1S/C35H54FNO2/c1-4-7-9-11-12-13-14-15-19-28-26-38-35(39-27-28)29-23-24-34(37-25-29)32-22-18-17-20-30(32)31(33(36)6-3)21-16-10-8-5-2/h17-18,20,22-25,28,31,33,35H,4-16,19,21,26-27H2,1-3H3/t28-,31?,33?,35-. The smallest absolute Gasteiger partial charge is 0.185 e. The molecule has 0 radical (unpaired) electrons. The van der Waals surface area contributed by atoms with Crippen LogP contribution in [0, 0.1) is 5.92 Å². The first kappa shape index (κ1) is 31.7. The van der Waals surface area contributed by atoms with Crippen LogP contribution in [0.25, 0.3) is 11.3 Å². The minimum atomic E-state index is -0.838. The highest BCUT2D eigenvalue weighted by Crippen LogP contribution is 2.36. The van der Waals surface area contributed by atoms with Crippen molar-refractivity contribution in [3.05, 3.63) is 53.7 Å². The number of alkyl halides is 1. The molecule has 1 fully saturated rings. The molecule has 0 spiro atoms. The zero-order chi connectivity index (χ0) is 27.7. The number of hydrogen-bond acceptors (Lipinski definition) is 3. The monoisotopic (exact) mass is 539 g/mol. The van der Waals surface area contributed by atoms with Crippen molar-refractivity contribution in [2.75, 3.05) is 13.2 Å². The molecule has 0 saturated carbocycles. The van der Waals surface area contributed by atoms with Gasteiger partial charge in [0, 0.05) is 29.2 Å². The Kier molecular flexibility index (Phi) is 15.1. The third-order valence-corrected chi connectivity index (χ3v) is 8.32. The Bertz CT molecular complexity index is 894. The highest BCUT2D eigenvalue weighted by atomic mass is 19.1. The first-order valence-corrected chi connectivity index (χ1v) is 16.1. The highest BCUT2D eigenvalue weighted by Gasteiger charge is 2.26. The second kappa shape index (κ2) is 18.5. The van der Waals surface area contributed by atoms with Gasteiger partial charge in [-0.1, -0.05) is 128 Å². The number of rotatable bonds is 19. The molecule has 2 heterocycles. The predicted octanol–water partition coefficient (Wildman–Crippen LogP) is 10.7. The van der Waals surface area contributed by atoms with Gasteiger partial charge >= 0.3 is 0 Å². The molecule has 0 N–H and O–H groups in total. The Balaban J connectivity index is 1.51. The third kappa shape index (κ3) is 10.6. The Morgan fingerprint density at radius 2 is 1.44 bits per heavy atom. The van der Waals surface area contributed by atoms with Crippen LogP contribution in [0.4, 0.5) is 4.39 Å². The fraction of sp³-hybridized carbons (Fsp3) is 0.686. The van der Waals surface area contributed by atoms with E-state index < -0.39 is 6.17 Å². The second-order valence-corrected chi connectivity index (χ2v) is 11.6. The van der Waals surface area contributed by atoms with Crippen molar-refractivity contribution in [1.82, 2.24) is 4.98 Å². The fourth-order valence-electron chi connectivity index (χ4n) is 5.83. The van der Waals surface area contributed by atoms with E-state index in [1.54, 1.807) is 0 Å². The zero-order valence-electron chi connectivity index (χ0n) is 25.0. The lowest BCUT2D eigenvalue weighted by molar-refractivity contribution is -0.206. The van der Waals surface area contributed by atoms with Crippen LogP contribution in [0.2, 0.25) is 0 Å². The molecule has 0 aliphatic carbocycles. The molecular formula is C35H54FNO2. The van der Waals surface area contributed by atoms with E-state index in [-0.39, 0.29) is 12.2 Å². The number of benzene rings is 1. The summed E-state index contributed by atoms with van der Waals surface area (Å²) in [6.45, 7) is 7.93. The summed E-state index contributed by atoms with van der Waals surface area (Å²) in [6.07, 6.45) is 18.7. The van der Waals surface area contributed by atoms with Gasteiger partial charge in [-0.25, -0.2) is 4.39 Å². The van der Waals surface area contributed by atoms with E-state index in [4.69, 9.17) is 14.5 Å². The first-order valence-electron chi connectivity index (χ1n) is 16.1. The Morgan fingerprint density at radius 1 is 0.795 bits per heavy atom. The number of nitrogens with zero attached hydrogens (tertiary/aromatic N) is 1. The highest BCUT2D eigenvalue weighted by molar-refractivity contribution is 5.64. The van der Waals surface area contributed by atoms with Crippen molar-refractivity contribution in [3.63, 3.8) is 0 Å². The largest absolute Gasteiger partial charge is 0.348 e. The maximum atomic E-state index is 15.1. The Labute approximate surface area is 238 Å². The summed E-state index contributed by atoms with van der Waals surface area (Å²) in [5.41, 5.74) is 3.96. The number of hydrogen-bond donors (Lipinski definition) is 0. The van der Waals surface area contributed by atoms with Crippen LogP contribution in [0.1, 0.15) is 140 Å². The van der Waals surface area contributed by atoms with E-state index in [1.807, 2.05) is 31.3 Å². The molecule has 1 aromatic carbocycles. The number of halogens is 1. The van der Waals surface area contributed by atoms with Crippen molar-refractivity contribution in [3.8, 4) is 11.3 Å². The summed E-state index contributed by atoms with van der Waals surface area (Å²) in [7, 11) is 0. The van der Waals surface area contributed by atoms with Crippen LogP contribution >= 0.6 is 0 Å². The minimum Gasteiger partial charge on any atom is -0.348 e. The molecular weight excluding hydrogens is 485 g/mol. The zero-order valence-corrected chi connectivity index (χ0v) is 25.0. The van der Waals surface area contributed by atoms with Gasteiger partial charge in [0.2, 0.25) is 0 Å². The number of unbranched alkanes of at least 4 members (excludes halogenated alkanes) is 10. The number of aromatic nitrogens is 1. The van der Waals surface area contributed by atoms with Crippen LogP contribution in [-0.2, 0) is 9.47 Å². The van der Waals surface area contributed by atoms with Crippen molar-refractivity contribution in [2.45, 2.75) is 135 Å². The van der Waals surface area contributed by atoms with E-state index in [9.17, 15) is 0 Å².